The Morgan fingerprint density at radius 3 is 2.59 bits per heavy atom. The van der Waals surface area contributed by atoms with Crippen molar-refractivity contribution in [1.29, 1.82) is 0 Å². The normalized spacial score (nSPS) is 15.4. The summed E-state index contributed by atoms with van der Waals surface area (Å²) in [5, 5.41) is 10.8. The van der Waals surface area contributed by atoms with Crippen LogP contribution in [0.3, 0.4) is 0 Å². The highest BCUT2D eigenvalue weighted by molar-refractivity contribution is 6.37. The van der Waals surface area contributed by atoms with Crippen molar-refractivity contribution in [2.45, 2.75) is 13.0 Å². The van der Waals surface area contributed by atoms with Gasteiger partial charge in [0.25, 0.3) is 11.6 Å². The first kappa shape index (κ1) is 11.3. The van der Waals surface area contributed by atoms with Crippen LogP contribution in [0.4, 0.5) is 5.69 Å². The number of Topliss-reactive ketones (excluding diaryl/α,β-unsaturated/α-hetero) is 1. The van der Waals surface area contributed by atoms with Gasteiger partial charge in [0.05, 0.1) is 11.5 Å². The molecule has 0 atom stereocenters. The molecule has 0 spiro atoms. The first-order chi connectivity index (χ1) is 8.09. The lowest BCUT2D eigenvalue weighted by Gasteiger charge is -2.14. The number of rotatable bonds is 3. The molecule has 1 fully saturated rings. The number of likely N-dealkylation sites (tertiary alicyclic amines) is 1. The van der Waals surface area contributed by atoms with Crippen LogP contribution in [0.15, 0.2) is 24.3 Å². The standard InChI is InChI=1S/C11H10N2O4/c14-10-5-6-12(11(10)15)7-8-3-1-2-4-9(8)13(16)17/h1-4H,5-7H2. The minimum absolute atomic E-state index is 0.0281. The van der Waals surface area contributed by atoms with Crippen molar-refractivity contribution in [2.24, 2.45) is 0 Å². The highest BCUT2D eigenvalue weighted by Gasteiger charge is 2.30. The van der Waals surface area contributed by atoms with Crippen LogP contribution in [-0.2, 0) is 16.1 Å². The predicted octanol–water partition coefficient (Wildman–Crippen LogP) is 0.896. The second kappa shape index (κ2) is 4.32. The molecule has 17 heavy (non-hydrogen) atoms. The van der Waals surface area contributed by atoms with Crippen LogP contribution in [0.25, 0.3) is 0 Å². The van der Waals surface area contributed by atoms with Gasteiger partial charge in [-0.05, 0) is 0 Å². The fourth-order valence-electron chi connectivity index (χ4n) is 1.80. The Hall–Kier alpha value is -2.24. The van der Waals surface area contributed by atoms with Gasteiger partial charge in [-0.2, -0.15) is 0 Å². The average molecular weight is 234 g/mol. The summed E-state index contributed by atoms with van der Waals surface area (Å²) >= 11 is 0. The number of benzene rings is 1. The van der Waals surface area contributed by atoms with E-state index in [-0.39, 0.29) is 18.7 Å². The van der Waals surface area contributed by atoms with E-state index in [1.807, 2.05) is 0 Å². The van der Waals surface area contributed by atoms with Crippen molar-refractivity contribution in [3.05, 3.63) is 39.9 Å². The summed E-state index contributed by atoms with van der Waals surface area (Å²) in [5.41, 5.74) is 0.417. The molecule has 1 aromatic rings. The molecule has 1 heterocycles. The number of nitro groups is 1. The fourth-order valence-corrected chi connectivity index (χ4v) is 1.80. The molecule has 0 unspecified atom stereocenters. The van der Waals surface area contributed by atoms with Crippen molar-refractivity contribution >= 4 is 17.4 Å². The number of nitrogens with zero attached hydrogens (tertiary/aromatic N) is 2. The molecule has 0 saturated carbocycles. The van der Waals surface area contributed by atoms with E-state index in [2.05, 4.69) is 0 Å². The Balaban J connectivity index is 2.22. The highest BCUT2D eigenvalue weighted by Crippen LogP contribution is 2.21. The summed E-state index contributed by atoms with van der Waals surface area (Å²) in [4.78, 5) is 34.1. The van der Waals surface area contributed by atoms with Crippen molar-refractivity contribution in [3.63, 3.8) is 0 Å². The summed E-state index contributed by atoms with van der Waals surface area (Å²) in [6.45, 7) is 0.450. The molecule has 0 bridgehead atoms. The topological polar surface area (TPSA) is 80.5 Å². The second-order valence-corrected chi connectivity index (χ2v) is 3.79. The maximum atomic E-state index is 11.4. The molecule has 0 radical (unpaired) electrons. The molecule has 6 heteroatoms. The van der Waals surface area contributed by atoms with E-state index in [1.165, 1.54) is 11.0 Å². The molecular formula is C11H10N2O4. The molecular weight excluding hydrogens is 224 g/mol. The van der Waals surface area contributed by atoms with Gasteiger partial charge in [-0.3, -0.25) is 19.7 Å². The predicted molar refractivity (Wildman–Crippen MR) is 58.1 cm³/mol. The van der Waals surface area contributed by atoms with Crippen LogP contribution in [0.2, 0.25) is 0 Å². The van der Waals surface area contributed by atoms with Crippen LogP contribution in [0.1, 0.15) is 12.0 Å². The minimum Gasteiger partial charge on any atom is -0.331 e. The van der Waals surface area contributed by atoms with E-state index in [9.17, 15) is 19.7 Å². The summed E-state index contributed by atoms with van der Waals surface area (Å²) in [7, 11) is 0. The third kappa shape index (κ3) is 2.15. The lowest BCUT2D eigenvalue weighted by Crippen LogP contribution is -2.27. The summed E-state index contributed by atoms with van der Waals surface area (Å²) in [6.07, 6.45) is 0.194. The van der Waals surface area contributed by atoms with Gasteiger partial charge in [-0.25, -0.2) is 0 Å². The molecule has 2 rings (SSSR count). The maximum absolute atomic E-state index is 11.4. The zero-order valence-electron chi connectivity index (χ0n) is 8.96. The third-order valence-corrected chi connectivity index (χ3v) is 2.68. The Labute approximate surface area is 97.0 Å². The van der Waals surface area contributed by atoms with Crippen LogP contribution in [0, 0.1) is 10.1 Å². The third-order valence-electron chi connectivity index (χ3n) is 2.68. The quantitative estimate of drug-likeness (QED) is 0.442. The second-order valence-electron chi connectivity index (χ2n) is 3.79. The molecule has 0 aliphatic carbocycles. The summed E-state index contributed by atoms with van der Waals surface area (Å²) < 4.78 is 0. The molecule has 1 aromatic carbocycles. The van der Waals surface area contributed by atoms with Gasteiger partial charge in [0.2, 0.25) is 5.78 Å². The Morgan fingerprint density at radius 2 is 2.00 bits per heavy atom. The molecule has 88 valence electrons. The van der Waals surface area contributed by atoms with E-state index in [1.54, 1.807) is 18.2 Å². The molecule has 1 amide bonds. The van der Waals surface area contributed by atoms with Gasteiger partial charge in [-0.1, -0.05) is 18.2 Å². The first-order valence-corrected chi connectivity index (χ1v) is 5.14. The number of nitro benzene ring substituents is 1. The van der Waals surface area contributed by atoms with E-state index < -0.39 is 16.6 Å². The number of hydrogen-bond donors (Lipinski definition) is 0. The number of ketones is 1. The van der Waals surface area contributed by atoms with Crippen LogP contribution in [0.5, 0.6) is 0 Å². The molecule has 0 aromatic heterocycles. The average Bonchev–Trinajstić information content (AvgIpc) is 2.61. The van der Waals surface area contributed by atoms with Gasteiger partial charge >= 0.3 is 0 Å². The molecule has 1 saturated heterocycles. The van der Waals surface area contributed by atoms with Crippen molar-refractivity contribution in [2.75, 3.05) is 6.54 Å². The first-order valence-electron chi connectivity index (χ1n) is 5.14. The SMILES string of the molecule is O=C1CCN(Cc2ccccc2[N+](=O)[O-])C1=O. The number of carbonyl (C=O) groups excluding carboxylic acids is 2. The summed E-state index contributed by atoms with van der Waals surface area (Å²) in [5.74, 6) is -0.980. The lowest BCUT2D eigenvalue weighted by molar-refractivity contribution is -0.385. The maximum Gasteiger partial charge on any atom is 0.290 e. The number of amides is 1. The fraction of sp³-hybridized carbons (Fsp3) is 0.273. The number of hydrogen-bond acceptors (Lipinski definition) is 4. The molecule has 1 aliphatic rings. The Bertz CT molecular complexity index is 498. The van der Waals surface area contributed by atoms with Gasteiger partial charge in [-0.15, -0.1) is 0 Å². The molecule has 0 N–H and O–H groups in total. The zero-order chi connectivity index (χ0) is 12.4. The van der Waals surface area contributed by atoms with Gasteiger partial charge in [0, 0.05) is 24.6 Å². The zero-order valence-corrected chi connectivity index (χ0v) is 8.96. The molecule has 1 aliphatic heterocycles. The highest BCUT2D eigenvalue weighted by atomic mass is 16.6. The van der Waals surface area contributed by atoms with Gasteiger partial charge < -0.3 is 4.90 Å². The van der Waals surface area contributed by atoms with E-state index >= 15 is 0 Å². The van der Waals surface area contributed by atoms with Gasteiger partial charge in [0.15, 0.2) is 0 Å². The van der Waals surface area contributed by atoms with E-state index in [4.69, 9.17) is 0 Å². The largest absolute Gasteiger partial charge is 0.331 e. The number of carbonyl (C=O) groups is 2. The molecule has 6 nitrogen and oxygen atoms in total. The lowest BCUT2D eigenvalue weighted by atomic mass is 10.1. The Kier molecular flexibility index (Phi) is 2.86. The van der Waals surface area contributed by atoms with E-state index in [0.29, 0.717) is 12.1 Å². The van der Waals surface area contributed by atoms with Crippen LogP contribution in [-0.4, -0.2) is 28.1 Å². The van der Waals surface area contributed by atoms with Crippen molar-refractivity contribution in [1.82, 2.24) is 4.90 Å². The van der Waals surface area contributed by atoms with E-state index in [0.717, 1.165) is 0 Å². The summed E-state index contributed by atoms with van der Waals surface area (Å²) in [6, 6.07) is 6.22. The number of para-hydroxylation sites is 1. The Morgan fingerprint density at radius 1 is 1.29 bits per heavy atom. The van der Waals surface area contributed by atoms with Gasteiger partial charge in [0.1, 0.15) is 0 Å². The monoisotopic (exact) mass is 234 g/mol. The smallest absolute Gasteiger partial charge is 0.290 e. The van der Waals surface area contributed by atoms with Crippen molar-refractivity contribution in [3.8, 4) is 0 Å². The van der Waals surface area contributed by atoms with Crippen molar-refractivity contribution < 1.29 is 14.5 Å². The van der Waals surface area contributed by atoms with Crippen LogP contribution < -0.4 is 0 Å². The van der Waals surface area contributed by atoms with Crippen LogP contribution >= 0.6 is 0 Å². The minimum atomic E-state index is -0.553.